The standard InChI is InChI=1S/C15H28O2/c1-5-6-7-8-13(16)15(17-4)11-9-14(2,3)10-12-15/h5-12H2,1-4H3. The number of ketones is 1. The van der Waals surface area contributed by atoms with Gasteiger partial charge in [0, 0.05) is 13.5 Å². The lowest BCUT2D eigenvalue weighted by atomic mass is 9.69. The third-order valence-corrected chi connectivity index (χ3v) is 4.32. The minimum atomic E-state index is -0.455. The summed E-state index contributed by atoms with van der Waals surface area (Å²) in [5.41, 5.74) is -0.0744. The van der Waals surface area contributed by atoms with Crippen LogP contribution in [-0.2, 0) is 9.53 Å². The number of methoxy groups -OCH3 is 1. The number of hydrogen-bond acceptors (Lipinski definition) is 2. The minimum absolute atomic E-state index is 0.337. The van der Waals surface area contributed by atoms with Gasteiger partial charge in [-0.3, -0.25) is 4.79 Å². The molecule has 0 radical (unpaired) electrons. The molecule has 0 spiro atoms. The molecule has 1 rings (SSSR count). The van der Waals surface area contributed by atoms with Crippen molar-refractivity contribution in [2.75, 3.05) is 7.11 Å². The monoisotopic (exact) mass is 240 g/mol. The number of hydrogen-bond donors (Lipinski definition) is 0. The van der Waals surface area contributed by atoms with Gasteiger partial charge in [-0.2, -0.15) is 0 Å². The normalized spacial score (nSPS) is 22.4. The summed E-state index contributed by atoms with van der Waals surface area (Å²) in [7, 11) is 1.70. The van der Waals surface area contributed by atoms with Crippen LogP contribution in [0.3, 0.4) is 0 Å². The van der Waals surface area contributed by atoms with Crippen LogP contribution in [0.4, 0.5) is 0 Å². The van der Waals surface area contributed by atoms with Gasteiger partial charge in [-0.25, -0.2) is 0 Å². The van der Waals surface area contributed by atoms with Crippen LogP contribution in [0, 0.1) is 5.41 Å². The van der Waals surface area contributed by atoms with Crippen molar-refractivity contribution in [2.24, 2.45) is 5.41 Å². The Labute approximate surface area is 106 Å². The maximum absolute atomic E-state index is 12.3. The molecule has 17 heavy (non-hydrogen) atoms. The van der Waals surface area contributed by atoms with Crippen LogP contribution >= 0.6 is 0 Å². The van der Waals surface area contributed by atoms with Gasteiger partial charge >= 0.3 is 0 Å². The van der Waals surface area contributed by atoms with Crippen molar-refractivity contribution in [1.82, 2.24) is 0 Å². The van der Waals surface area contributed by atoms with Crippen molar-refractivity contribution < 1.29 is 9.53 Å². The van der Waals surface area contributed by atoms with Gasteiger partial charge in [-0.15, -0.1) is 0 Å². The molecule has 0 atom stereocenters. The lowest BCUT2D eigenvalue weighted by Crippen LogP contribution is -2.45. The van der Waals surface area contributed by atoms with Crippen molar-refractivity contribution in [3.63, 3.8) is 0 Å². The highest BCUT2D eigenvalue weighted by Gasteiger charge is 2.43. The summed E-state index contributed by atoms with van der Waals surface area (Å²) in [5, 5.41) is 0. The van der Waals surface area contributed by atoms with Crippen LogP contribution in [0.1, 0.15) is 72.1 Å². The van der Waals surface area contributed by atoms with E-state index in [0.717, 1.165) is 38.5 Å². The molecule has 0 saturated heterocycles. The molecule has 1 fully saturated rings. The third-order valence-electron chi connectivity index (χ3n) is 4.32. The Morgan fingerprint density at radius 3 is 2.18 bits per heavy atom. The second kappa shape index (κ2) is 5.99. The van der Waals surface area contributed by atoms with Gasteiger partial charge in [0.25, 0.3) is 0 Å². The quantitative estimate of drug-likeness (QED) is 0.653. The number of carbonyl (C=O) groups is 1. The van der Waals surface area contributed by atoms with Crippen LogP contribution in [0.25, 0.3) is 0 Å². The summed E-state index contributed by atoms with van der Waals surface area (Å²) >= 11 is 0. The van der Waals surface area contributed by atoms with E-state index >= 15 is 0 Å². The van der Waals surface area contributed by atoms with Crippen molar-refractivity contribution in [3.8, 4) is 0 Å². The highest BCUT2D eigenvalue weighted by atomic mass is 16.5. The molecule has 100 valence electrons. The van der Waals surface area contributed by atoms with E-state index in [0.29, 0.717) is 17.6 Å². The second-order valence-corrected chi connectivity index (χ2v) is 6.24. The fourth-order valence-corrected chi connectivity index (χ4v) is 2.69. The molecule has 0 aromatic carbocycles. The van der Waals surface area contributed by atoms with Crippen molar-refractivity contribution in [2.45, 2.75) is 77.7 Å². The van der Waals surface area contributed by atoms with Crippen LogP contribution in [-0.4, -0.2) is 18.5 Å². The number of unbranched alkanes of at least 4 members (excludes halogenated alkanes) is 2. The molecule has 0 aromatic heterocycles. The lowest BCUT2D eigenvalue weighted by Gasteiger charge is -2.41. The van der Waals surface area contributed by atoms with E-state index in [1.54, 1.807) is 7.11 Å². The molecule has 2 heteroatoms. The Morgan fingerprint density at radius 1 is 1.12 bits per heavy atom. The van der Waals surface area contributed by atoms with Crippen molar-refractivity contribution in [3.05, 3.63) is 0 Å². The number of ether oxygens (including phenoxy) is 1. The highest BCUT2D eigenvalue weighted by molar-refractivity contribution is 5.87. The lowest BCUT2D eigenvalue weighted by molar-refractivity contribution is -0.148. The smallest absolute Gasteiger partial charge is 0.164 e. The molecule has 0 aliphatic heterocycles. The van der Waals surface area contributed by atoms with Gasteiger partial charge in [0.05, 0.1) is 0 Å². The Morgan fingerprint density at radius 2 is 1.71 bits per heavy atom. The molecule has 0 amide bonds. The minimum Gasteiger partial charge on any atom is -0.370 e. The Balaban J connectivity index is 2.54. The maximum atomic E-state index is 12.3. The molecule has 0 unspecified atom stereocenters. The summed E-state index contributed by atoms with van der Waals surface area (Å²) in [4.78, 5) is 12.3. The largest absolute Gasteiger partial charge is 0.370 e. The van der Waals surface area contributed by atoms with Gasteiger partial charge < -0.3 is 4.74 Å². The molecule has 0 aromatic rings. The third kappa shape index (κ3) is 3.80. The van der Waals surface area contributed by atoms with E-state index in [4.69, 9.17) is 4.74 Å². The molecule has 0 heterocycles. The predicted molar refractivity (Wildman–Crippen MR) is 71.1 cm³/mol. The van der Waals surface area contributed by atoms with Crippen LogP contribution in [0.15, 0.2) is 0 Å². The fraction of sp³-hybridized carbons (Fsp3) is 0.933. The molecule has 1 saturated carbocycles. The molecule has 2 nitrogen and oxygen atoms in total. The van der Waals surface area contributed by atoms with E-state index in [2.05, 4.69) is 20.8 Å². The van der Waals surface area contributed by atoms with Crippen LogP contribution < -0.4 is 0 Å². The Bertz CT molecular complexity index is 246. The summed E-state index contributed by atoms with van der Waals surface area (Å²) in [6.07, 6.45) is 8.03. The number of rotatable bonds is 6. The molecule has 0 bridgehead atoms. The second-order valence-electron chi connectivity index (χ2n) is 6.24. The van der Waals surface area contributed by atoms with Gasteiger partial charge in [-0.05, 0) is 37.5 Å². The zero-order valence-corrected chi connectivity index (χ0v) is 12.0. The van der Waals surface area contributed by atoms with E-state index < -0.39 is 5.60 Å². The van der Waals surface area contributed by atoms with Gasteiger partial charge in [0.15, 0.2) is 5.78 Å². The summed E-state index contributed by atoms with van der Waals surface area (Å²) in [6, 6.07) is 0. The first-order chi connectivity index (χ1) is 7.96. The average molecular weight is 240 g/mol. The molecule has 0 N–H and O–H groups in total. The zero-order valence-electron chi connectivity index (χ0n) is 12.0. The summed E-state index contributed by atoms with van der Waals surface area (Å²) in [5.74, 6) is 0.337. The number of carbonyl (C=O) groups excluding carboxylic acids is 1. The topological polar surface area (TPSA) is 26.3 Å². The summed E-state index contributed by atoms with van der Waals surface area (Å²) in [6.45, 7) is 6.74. The van der Waals surface area contributed by atoms with Gasteiger partial charge in [0.1, 0.15) is 5.60 Å². The molecule has 1 aliphatic carbocycles. The van der Waals surface area contributed by atoms with E-state index in [9.17, 15) is 4.79 Å². The summed E-state index contributed by atoms with van der Waals surface area (Å²) < 4.78 is 5.62. The first-order valence-electron chi connectivity index (χ1n) is 7.04. The Hall–Kier alpha value is -0.370. The Kier molecular flexibility index (Phi) is 5.18. The highest BCUT2D eigenvalue weighted by Crippen LogP contribution is 2.42. The molecular weight excluding hydrogens is 212 g/mol. The first kappa shape index (κ1) is 14.7. The van der Waals surface area contributed by atoms with Gasteiger partial charge in [0.2, 0.25) is 0 Å². The van der Waals surface area contributed by atoms with E-state index in [1.165, 1.54) is 6.42 Å². The average Bonchev–Trinajstić information content (AvgIpc) is 2.30. The van der Waals surface area contributed by atoms with Crippen LogP contribution in [0.2, 0.25) is 0 Å². The zero-order chi connectivity index (χ0) is 12.9. The molecular formula is C15H28O2. The van der Waals surface area contributed by atoms with E-state index in [-0.39, 0.29) is 0 Å². The maximum Gasteiger partial charge on any atom is 0.164 e. The number of Topliss-reactive ketones (excluding diaryl/α,β-unsaturated/α-hetero) is 1. The van der Waals surface area contributed by atoms with Crippen LogP contribution in [0.5, 0.6) is 0 Å². The van der Waals surface area contributed by atoms with Crippen molar-refractivity contribution in [1.29, 1.82) is 0 Å². The fourth-order valence-electron chi connectivity index (χ4n) is 2.69. The van der Waals surface area contributed by atoms with Gasteiger partial charge in [-0.1, -0.05) is 33.6 Å². The van der Waals surface area contributed by atoms with Crippen molar-refractivity contribution >= 4 is 5.78 Å². The molecule has 1 aliphatic rings. The predicted octanol–water partition coefficient (Wildman–Crippen LogP) is 4.12. The SMILES string of the molecule is CCCCCC(=O)C1(OC)CCC(C)(C)CC1. The first-order valence-corrected chi connectivity index (χ1v) is 7.04. The van der Waals surface area contributed by atoms with E-state index in [1.807, 2.05) is 0 Å².